The fourth-order valence-corrected chi connectivity index (χ4v) is 3.87. The van der Waals surface area contributed by atoms with Crippen molar-refractivity contribution in [1.29, 1.82) is 0 Å². The van der Waals surface area contributed by atoms with Crippen molar-refractivity contribution in [3.8, 4) is 0 Å². The molecule has 0 spiro atoms. The number of aryl methyl sites for hydroxylation is 1. The molecule has 0 unspecified atom stereocenters. The molecule has 1 aliphatic heterocycles. The van der Waals surface area contributed by atoms with E-state index < -0.39 is 0 Å². The second-order valence-electron chi connectivity index (χ2n) is 5.69. The molecule has 22 heavy (non-hydrogen) atoms. The van der Waals surface area contributed by atoms with Gasteiger partial charge in [0.25, 0.3) is 0 Å². The maximum Gasteiger partial charge on any atom is 0.122 e. The van der Waals surface area contributed by atoms with Gasteiger partial charge >= 0.3 is 0 Å². The molecule has 4 nitrogen and oxygen atoms in total. The summed E-state index contributed by atoms with van der Waals surface area (Å²) in [5, 5.41) is 0. The van der Waals surface area contributed by atoms with Crippen molar-refractivity contribution >= 4 is 11.3 Å². The molecule has 0 amide bonds. The van der Waals surface area contributed by atoms with Crippen LogP contribution in [0, 0.1) is 6.92 Å². The molecule has 3 heterocycles. The molecule has 0 N–H and O–H groups in total. The van der Waals surface area contributed by atoms with Crippen LogP contribution in [0.25, 0.3) is 0 Å². The highest BCUT2D eigenvalue weighted by molar-refractivity contribution is 7.09. The molecule has 1 aliphatic rings. The molecular formula is C17H18N4S. The van der Waals surface area contributed by atoms with E-state index in [2.05, 4.69) is 62.9 Å². The van der Waals surface area contributed by atoms with E-state index in [-0.39, 0.29) is 0 Å². The van der Waals surface area contributed by atoms with Gasteiger partial charge in [-0.25, -0.2) is 9.97 Å². The zero-order valence-corrected chi connectivity index (χ0v) is 13.3. The summed E-state index contributed by atoms with van der Waals surface area (Å²) in [5.41, 5.74) is 4.45. The Hall–Kier alpha value is -1.98. The Labute approximate surface area is 134 Å². The van der Waals surface area contributed by atoms with Crippen LogP contribution in [0.4, 0.5) is 0 Å². The van der Waals surface area contributed by atoms with Crippen molar-refractivity contribution in [2.75, 3.05) is 0 Å². The van der Waals surface area contributed by atoms with Crippen molar-refractivity contribution in [2.24, 2.45) is 0 Å². The van der Waals surface area contributed by atoms with E-state index >= 15 is 0 Å². The SMILES string of the molecule is Cc1ncsc1CN1Cc2nccn2C[C@@H]1c1ccccc1. The largest absolute Gasteiger partial charge is 0.332 e. The van der Waals surface area contributed by atoms with Gasteiger partial charge in [-0.1, -0.05) is 30.3 Å². The van der Waals surface area contributed by atoms with Crippen LogP contribution < -0.4 is 0 Å². The number of hydrogen-bond donors (Lipinski definition) is 0. The Morgan fingerprint density at radius 1 is 1.23 bits per heavy atom. The highest BCUT2D eigenvalue weighted by atomic mass is 32.1. The third-order valence-corrected chi connectivity index (χ3v) is 5.25. The lowest BCUT2D eigenvalue weighted by Crippen LogP contribution is -2.36. The van der Waals surface area contributed by atoms with Crippen molar-refractivity contribution in [3.63, 3.8) is 0 Å². The molecule has 112 valence electrons. The van der Waals surface area contributed by atoms with Gasteiger partial charge in [0.1, 0.15) is 5.82 Å². The average molecular weight is 310 g/mol. The summed E-state index contributed by atoms with van der Waals surface area (Å²) in [7, 11) is 0. The summed E-state index contributed by atoms with van der Waals surface area (Å²) in [6, 6.07) is 11.1. The number of rotatable bonds is 3. The molecule has 2 aromatic heterocycles. The molecular weight excluding hydrogens is 292 g/mol. The smallest absolute Gasteiger partial charge is 0.122 e. The number of nitrogens with zero attached hydrogens (tertiary/aromatic N) is 4. The van der Waals surface area contributed by atoms with Crippen molar-refractivity contribution in [1.82, 2.24) is 19.4 Å². The van der Waals surface area contributed by atoms with Crippen LogP contribution >= 0.6 is 11.3 Å². The van der Waals surface area contributed by atoms with Crippen LogP contribution in [0.5, 0.6) is 0 Å². The standard InChI is InChI=1S/C17H18N4S/c1-13-16(22-12-19-13)10-21-11-17-18-7-8-20(17)9-15(21)14-5-3-2-4-6-14/h2-8,12,15H,9-11H2,1H3/t15-/m1/s1. The van der Waals surface area contributed by atoms with Gasteiger partial charge in [-0.05, 0) is 12.5 Å². The fraction of sp³-hybridized carbons (Fsp3) is 0.294. The van der Waals surface area contributed by atoms with Gasteiger partial charge in [0.05, 0.1) is 23.8 Å². The predicted molar refractivity (Wildman–Crippen MR) is 87.5 cm³/mol. The van der Waals surface area contributed by atoms with Crippen molar-refractivity contribution in [2.45, 2.75) is 32.6 Å². The quantitative estimate of drug-likeness (QED) is 0.743. The molecule has 0 bridgehead atoms. The first kappa shape index (κ1) is 13.7. The van der Waals surface area contributed by atoms with E-state index in [1.165, 1.54) is 10.4 Å². The summed E-state index contributed by atoms with van der Waals surface area (Å²) in [6.45, 7) is 4.86. The van der Waals surface area contributed by atoms with Crippen LogP contribution in [0.15, 0.2) is 48.2 Å². The Bertz CT molecular complexity index is 762. The number of benzene rings is 1. The Morgan fingerprint density at radius 2 is 2.09 bits per heavy atom. The van der Waals surface area contributed by atoms with E-state index in [9.17, 15) is 0 Å². The minimum absolute atomic E-state index is 0.379. The van der Waals surface area contributed by atoms with Gasteiger partial charge in [0, 0.05) is 30.4 Å². The molecule has 0 saturated carbocycles. The zero-order chi connectivity index (χ0) is 14.9. The maximum atomic E-state index is 4.50. The van der Waals surface area contributed by atoms with Gasteiger partial charge in [0.15, 0.2) is 0 Å². The van der Waals surface area contributed by atoms with Crippen LogP contribution in [0.2, 0.25) is 0 Å². The molecule has 4 rings (SSSR count). The Balaban J connectivity index is 1.68. The van der Waals surface area contributed by atoms with E-state index in [0.29, 0.717) is 6.04 Å². The summed E-state index contributed by atoms with van der Waals surface area (Å²) in [5.74, 6) is 1.15. The van der Waals surface area contributed by atoms with Gasteiger partial charge < -0.3 is 4.57 Å². The average Bonchev–Trinajstić information content (AvgIpc) is 3.16. The van der Waals surface area contributed by atoms with Gasteiger partial charge in [-0.2, -0.15) is 0 Å². The minimum atomic E-state index is 0.379. The van der Waals surface area contributed by atoms with Gasteiger partial charge in [-0.3, -0.25) is 4.90 Å². The van der Waals surface area contributed by atoms with Crippen LogP contribution in [0.1, 0.15) is 28.0 Å². The topological polar surface area (TPSA) is 34.0 Å². The van der Waals surface area contributed by atoms with Crippen molar-refractivity contribution < 1.29 is 0 Å². The van der Waals surface area contributed by atoms with E-state index in [1.54, 1.807) is 11.3 Å². The van der Waals surface area contributed by atoms with Crippen LogP contribution in [-0.2, 0) is 19.6 Å². The molecule has 3 aromatic rings. The fourth-order valence-electron chi connectivity index (χ4n) is 3.07. The third-order valence-electron chi connectivity index (χ3n) is 4.33. The molecule has 0 fully saturated rings. The van der Waals surface area contributed by atoms with Crippen LogP contribution in [0.3, 0.4) is 0 Å². The summed E-state index contributed by atoms with van der Waals surface area (Å²) in [4.78, 5) is 12.7. The second kappa shape index (κ2) is 5.66. The predicted octanol–water partition coefficient (Wildman–Crippen LogP) is 3.41. The highest BCUT2D eigenvalue weighted by Crippen LogP contribution is 2.31. The second-order valence-corrected chi connectivity index (χ2v) is 6.63. The first-order valence-corrected chi connectivity index (χ1v) is 8.37. The minimum Gasteiger partial charge on any atom is -0.332 e. The van der Waals surface area contributed by atoms with Crippen LogP contribution in [-0.4, -0.2) is 19.4 Å². The lowest BCUT2D eigenvalue weighted by atomic mass is 10.0. The van der Waals surface area contributed by atoms with E-state index in [0.717, 1.165) is 31.2 Å². The van der Waals surface area contributed by atoms with Gasteiger partial charge in [0.2, 0.25) is 0 Å². The van der Waals surface area contributed by atoms with Crippen molar-refractivity contribution in [3.05, 3.63) is 70.2 Å². The molecule has 1 atom stereocenters. The Morgan fingerprint density at radius 3 is 2.86 bits per heavy atom. The third kappa shape index (κ3) is 2.46. The highest BCUT2D eigenvalue weighted by Gasteiger charge is 2.28. The monoisotopic (exact) mass is 310 g/mol. The summed E-state index contributed by atoms with van der Waals surface area (Å²) in [6.07, 6.45) is 3.99. The summed E-state index contributed by atoms with van der Waals surface area (Å²) >= 11 is 1.74. The number of fused-ring (bicyclic) bond motifs is 1. The normalized spacial score (nSPS) is 18.3. The number of hydrogen-bond acceptors (Lipinski definition) is 4. The molecule has 5 heteroatoms. The van der Waals surface area contributed by atoms with E-state index in [1.807, 2.05) is 11.7 Å². The zero-order valence-electron chi connectivity index (χ0n) is 12.5. The molecule has 0 aliphatic carbocycles. The lowest BCUT2D eigenvalue weighted by Gasteiger charge is -2.36. The Kier molecular flexibility index (Phi) is 3.52. The number of thiazole rings is 1. The lowest BCUT2D eigenvalue weighted by molar-refractivity contribution is 0.129. The first-order valence-electron chi connectivity index (χ1n) is 7.49. The number of imidazole rings is 1. The number of aromatic nitrogens is 3. The van der Waals surface area contributed by atoms with E-state index in [4.69, 9.17) is 0 Å². The molecule has 0 saturated heterocycles. The summed E-state index contributed by atoms with van der Waals surface area (Å²) < 4.78 is 2.27. The van der Waals surface area contributed by atoms with Gasteiger partial charge in [-0.15, -0.1) is 11.3 Å². The molecule has 0 radical (unpaired) electrons. The first-order chi connectivity index (χ1) is 10.8. The molecule has 1 aromatic carbocycles. The maximum absolute atomic E-state index is 4.50.